The van der Waals surface area contributed by atoms with Crippen LogP contribution in [-0.2, 0) is 11.3 Å². The van der Waals surface area contributed by atoms with Crippen molar-refractivity contribution in [3.8, 4) is 6.07 Å². The van der Waals surface area contributed by atoms with E-state index in [4.69, 9.17) is 10.00 Å². The Kier molecular flexibility index (Phi) is 3.33. The molecular weight excluding hydrogens is 192 g/mol. The Hall–Kier alpha value is -1.38. The second kappa shape index (κ2) is 4.91. The first-order valence-electron chi connectivity index (χ1n) is 5.11. The second-order valence-electron chi connectivity index (χ2n) is 3.51. The van der Waals surface area contributed by atoms with Gasteiger partial charge in [-0.25, -0.2) is 4.98 Å². The summed E-state index contributed by atoms with van der Waals surface area (Å²) in [7, 11) is 0. The molecule has 2 rings (SSSR count). The van der Waals surface area contributed by atoms with Crippen molar-refractivity contribution in [1.29, 1.82) is 5.26 Å². The molecule has 0 aliphatic carbocycles. The molecule has 1 aliphatic heterocycles. The highest BCUT2D eigenvalue weighted by molar-refractivity contribution is 5.10. The lowest BCUT2D eigenvalue weighted by Crippen LogP contribution is -2.38. The fourth-order valence-corrected chi connectivity index (χ4v) is 1.68. The molecular formula is C10H14N4O. The maximum Gasteiger partial charge on any atom is 0.212 e. The van der Waals surface area contributed by atoms with Crippen molar-refractivity contribution in [2.24, 2.45) is 0 Å². The highest BCUT2D eigenvalue weighted by Gasteiger charge is 2.10. The van der Waals surface area contributed by atoms with Crippen LogP contribution in [0.5, 0.6) is 0 Å². The number of hydrogen-bond donors (Lipinski definition) is 0. The Labute approximate surface area is 88.9 Å². The van der Waals surface area contributed by atoms with Gasteiger partial charge in [0.15, 0.2) is 0 Å². The molecule has 1 aromatic rings. The summed E-state index contributed by atoms with van der Waals surface area (Å²) in [6.45, 7) is 5.37. The first-order valence-corrected chi connectivity index (χ1v) is 5.11. The fourth-order valence-electron chi connectivity index (χ4n) is 1.68. The molecule has 1 saturated heterocycles. The van der Waals surface area contributed by atoms with E-state index in [0.717, 1.165) is 39.4 Å². The van der Waals surface area contributed by atoms with E-state index in [9.17, 15) is 0 Å². The van der Waals surface area contributed by atoms with Gasteiger partial charge in [0, 0.05) is 38.6 Å². The van der Waals surface area contributed by atoms with Crippen LogP contribution in [0.4, 0.5) is 0 Å². The molecule has 0 bridgehead atoms. The highest BCUT2D eigenvalue weighted by atomic mass is 16.5. The van der Waals surface area contributed by atoms with E-state index in [1.165, 1.54) is 0 Å². The highest BCUT2D eigenvalue weighted by Crippen LogP contribution is 2.00. The molecule has 0 saturated carbocycles. The summed E-state index contributed by atoms with van der Waals surface area (Å²) >= 11 is 0. The van der Waals surface area contributed by atoms with Crippen LogP contribution in [0, 0.1) is 11.3 Å². The van der Waals surface area contributed by atoms with Crippen molar-refractivity contribution in [3.63, 3.8) is 0 Å². The Balaban J connectivity index is 1.85. The predicted molar refractivity (Wildman–Crippen MR) is 54.2 cm³/mol. The molecule has 5 heteroatoms. The van der Waals surface area contributed by atoms with Crippen LogP contribution in [0.3, 0.4) is 0 Å². The fraction of sp³-hybridized carbons (Fsp3) is 0.600. The van der Waals surface area contributed by atoms with E-state index in [2.05, 4.69) is 16.0 Å². The van der Waals surface area contributed by atoms with Gasteiger partial charge in [0.1, 0.15) is 6.07 Å². The van der Waals surface area contributed by atoms with Crippen molar-refractivity contribution in [1.82, 2.24) is 14.5 Å². The normalized spacial score (nSPS) is 17.5. The Morgan fingerprint density at radius 1 is 1.40 bits per heavy atom. The van der Waals surface area contributed by atoms with Crippen molar-refractivity contribution < 1.29 is 4.74 Å². The molecule has 1 aliphatic rings. The molecule has 0 aromatic carbocycles. The molecule has 80 valence electrons. The summed E-state index contributed by atoms with van der Waals surface area (Å²) in [6, 6.07) is 2.07. The van der Waals surface area contributed by atoms with Crippen molar-refractivity contribution in [3.05, 3.63) is 18.2 Å². The number of nitrogens with zero attached hydrogens (tertiary/aromatic N) is 4. The first kappa shape index (κ1) is 10.1. The van der Waals surface area contributed by atoms with Gasteiger partial charge >= 0.3 is 0 Å². The molecule has 0 unspecified atom stereocenters. The molecule has 15 heavy (non-hydrogen) atoms. The van der Waals surface area contributed by atoms with Gasteiger partial charge in [0.25, 0.3) is 0 Å². The number of hydrogen-bond acceptors (Lipinski definition) is 4. The zero-order valence-electron chi connectivity index (χ0n) is 8.59. The third kappa shape index (κ3) is 2.55. The van der Waals surface area contributed by atoms with E-state index in [1.54, 1.807) is 6.20 Å². The van der Waals surface area contributed by atoms with Crippen molar-refractivity contribution in [2.45, 2.75) is 6.54 Å². The molecule has 5 nitrogen and oxygen atoms in total. The lowest BCUT2D eigenvalue weighted by atomic mass is 10.4. The van der Waals surface area contributed by atoms with Gasteiger partial charge in [-0.15, -0.1) is 0 Å². The number of ether oxygens (including phenoxy) is 1. The van der Waals surface area contributed by atoms with E-state index >= 15 is 0 Å². The average molecular weight is 206 g/mol. The minimum Gasteiger partial charge on any atom is -0.379 e. The van der Waals surface area contributed by atoms with Crippen LogP contribution in [0.25, 0.3) is 0 Å². The lowest BCUT2D eigenvalue weighted by Gasteiger charge is -2.26. The largest absolute Gasteiger partial charge is 0.379 e. The number of rotatable bonds is 3. The van der Waals surface area contributed by atoms with Gasteiger partial charge in [-0.05, 0) is 0 Å². The summed E-state index contributed by atoms with van der Waals surface area (Å²) in [5, 5.41) is 8.78. The molecule has 0 amide bonds. The quantitative estimate of drug-likeness (QED) is 0.703. The predicted octanol–water partition coefficient (Wildman–Crippen LogP) is 0.0870. The monoisotopic (exact) mass is 206 g/mol. The van der Waals surface area contributed by atoms with Gasteiger partial charge in [0.05, 0.1) is 13.2 Å². The summed E-state index contributed by atoms with van der Waals surface area (Å²) < 4.78 is 7.15. The van der Waals surface area contributed by atoms with Gasteiger partial charge in [-0.1, -0.05) is 0 Å². The molecule has 2 heterocycles. The lowest BCUT2D eigenvalue weighted by molar-refractivity contribution is 0.0363. The minimum absolute atomic E-state index is 0.489. The number of aromatic nitrogens is 2. The SMILES string of the molecule is N#Cc1nccn1CCN1CCOCC1. The van der Waals surface area contributed by atoms with Crippen molar-refractivity contribution in [2.75, 3.05) is 32.8 Å². The molecule has 0 N–H and O–H groups in total. The maximum atomic E-state index is 8.78. The van der Waals surface area contributed by atoms with Crippen LogP contribution in [0.15, 0.2) is 12.4 Å². The van der Waals surface area contributed by atoms with Crippen LogP contribution in [-0.4, -0.2) is 47.3 Å². The molecule has 0 radical (unpaired) electrons. The summed E-state index contributed by atoms with van der Waals surface area (Å²) in [5.41, 5.74) is 0. The standard InChI is InChI=1S/C10H14N4O/c11-9-10-12-1-2-14(10)4-3-13-5-7-15-8-6-13/h1-2H,3-8H2. The first-order chi connectivity index (χ1) is 7.40. The third-order valence-corrected chi connectivity index (χ3v) is 2.58. The Morgan fingerprint density at radius 2 is 2.20 bits per heavy atom. The van der Waals surface area contributed by atoms with Gasteiger partial charge < -0.3 is 9.30 Å². The van der Waals surface area contributed by atoms with E-state index in [1.807, 2.05) is 10.8 Å². The Bertz CT molecular complexity index is 349. The Morgan fingerprint density at radius 3 is 2.93 bits per heavy atom. The second-order valence-corrected chi connectivity index (χ2v) is 3.51. The van der Waals surface area contributed by atoms with Crippen LogP contribution >= 0.6 is 0 Å². The van der Waals surface area contributed by atoms with Gasteiger partial charge in [-0.3, -0.25) is 4.90 Å². The van der Waals surface area contributed by atoms with E-state index in [0.29, 0.717) is 5.82 Å². The number of imidazole rings is 1. The van der Waals surface area contributed by atoms with Crippen LogP contribution < -0.4 is 0 Å². The smallest absolute Gasteiger partial charge is 0.212 e. The van der Waals surface area contributed by atoms with Crippen LogP contribution in [0.1, 0.15) is 5.82 Å². The zero-order chi connectivity index (χ0) is 10.5. The molecule has 1 fully saturated rings. The number of nitriles is 1. The van der Waals surface area contributed by atoms with Gasteiger partial charge in [-0.2, -0.15) is 5.26 Å². The summed E-state index contributed by atoms with van der Waals surface area (Å²) in [6.07, 6.45) is 3.51. The molecule has 0 spiro atoms. The molecule has 0 atom stereocenters. The maximum absolute atomic E-state index is 8.78. The van der Waals surface area contributed by atoms with Crippen LogP contribution in [0.2, 0.25) is 0 Å². The molecule has 1 aromatic heterocycles. The number of morpholine rings is 1. The van der Waals surface area contributed by atoms with Crippen molar-refractivity contribution >= 4 is 0 Å². The minimum atomic E-state index is 0.489. The zero-order valence-corrected chi connectivity index (χ0v) is 8.59. The van der Waals surface area contributed by atoms with E-state index < -0.39 is 0 Å². The summed E-state index contributed by atoms with van der Waals surface area (Å²) in [4.78, 5) is 6.30. The third-order valence-electron chi connectivity index (χ3n) is 2.58. The topological polar surface area (TPSA) is 54.1 Å². The van der Waals surface area contributed by atoms with Gasteiger partial charge in [0.2, 0.25) is 5.82 Å². The average Bonchev–Trinajstić information content (AvgIpc) is 2.75. The van der Waals surface area contributed by atoms with E-state index in [-0.39, 0.29) is 0 Å². The summed E-state index contributed by atoms with van der Waals surface area (Å²) in [5.74, 6) is 0.489.